The van der Waals surface area contributed by atoms with Crippen LogP contribution in [0.15, 0.2) is 11.6 Å². The number of carbonyl (C=O) groups is 1. The predicted octanol–water partition coefficient (Wildman–Crippen LogP) is 1.91. The SMILES string of the molecule is CCOC(=O)/C(C)=C\C1CC1. The molecule has 0 radical (unpaired) electrons. The van der Waals surface area contributed by atoms with Crippen LogP contribution in [0, 0.1) is 5.92 Å². The maximum absolute atomic E-state index is 11.0. The smallest absolute Gasteiger partial charge is 0.333 e. The Kier molecular flexibility index (Phi) is 2.69. The molecular weight excluding hydrogens is 140 g/mol. The van der Waals surface area contributed by atoms with Crippen LogP contribution in [0.2, 0.25) is 0 Å². The van der Waals surface area contributed by atoms with Gasteiger partial charge < -0.3 is 4.74 Å². The van der Waals surface area contributed by atoms with Crippen LogP contribution in [0.5, 0.6) is 0 Å². The van der Waals surface area contributed by atoms with Crippen molar-refractivity contribution in [3.63, 3.8) is 0 Å². The third kappa shape index (κ3) is 2.74. The summed E-state index contributed by atoms with van der Waals surface area (Å²) >= 11 is 0. The summed E-state index contributed by atoms with van der Waals surface area (Å²) in [5, 5.41) is 0. The van der Waals surface area contributed by atoms with Crippen LogP contribution in [0.1, 0.15) is 26.7 Å². The van der Waals surface area contributed by atoms with Crippen molar-refractivity contribution in [1.82, 2.24) is 0 Å². The molecular formula is C9H14O2. The van der Waals surface area contributed by atoms with Gasteiger partial charge in [-0.25, -0.2) is 4.79 Å². The Bertz CT molecular complexity index is 178. The molecule has 1 aliphatic rings. The number of hydrogen-bond donors (Lipinski definition) is 0. The van der Waals surface area contributed by atoms with Gasteiger partial charge in [0.15, 0.2) is 0 Å². The number of rotatable bonds is 3. The number of allylic oxidation sites excluding steroid dienone is 1. The monoisotopic (exact) mass is 154 g/mol. The van der Waals surface area contributed by atoms with Crippen molar-refractivity contribution < 1.29 is 9.53 Å². The first-order valence-corrected chi connectivity index (χ1v) is 4.09. The summed E-state index contributed by atoms with van der Waals surface area (Å²) in [5.41, 5.74) is 0.759. The van der Waals surface area contributed by atoms with Gasteiger partial charge in [-0.15, -0.1) is 0 Å². The average molecular weight is 154 g/mol. The summed E-state index contributed by atoms with van der Waals surface area (Å²) in [6, 6.07) is 0. The molecule has 0 bridgehead atoms. The van der Waals surface area contributed by atoms with Crippen LogP contribution >= 0.6 is 0 Å². The highest BCUT2D eigenvalue weighted by atomic mass is 16.5. The normalized spacial score (nSPS) is 18.2. The van der Waals surface area contributed by atoms with Crippen LogP contribution < -0.4 is 0 Å². The Hall–Kier alpha value is -0.790. The average Bonchev–Trinajstić information content (AvgIpc) is 2.72. The van der Waals surface area contributed by atoms with Gasteiger partial charge in [-0.1, -0.05) is 6.08 Å². The lowest BCUT2D eigenvalue weighted by Gasteiger charge is -1.99. The number of esters is 1. The highest BCUT2D eigenvalue weighted by Gasteiger charge is 2.20. The van der Waals surface area contributed by atoms with E-state index in [-0.39, 0.29) is 5.97 Å². The van der Waals surface area contributed by atoms with Crippen LogP contribution in [0.4, 0.5) is 0 Å². The van der Waals surface area contributed by atoms with Crippen molar-refractivity contribution in [3.8, 4) is 0 Å². The highest BCUT2D eigenvalue weighted by Crippen LogP contribution is 2.31. The molecule has 0 heterocycles. The minimum absolute atomic E-state index is 0.167. The van der Waals surface area contributed by atoms with Crippen LogP contribution in [0.25, 0.3) is 0 Å². The zero-order valence-corrected chi connectivity index (χ0v) is 7.09. The lowest BCUT2D eigenvalue weighted by molar-refractivity contribution is -0.138. The summed E-state index contributed by atoms with van der Waals surface area (Å²) in [6.07, 6.45) is 4.48. The molecule has 0 aromatic carbocycles. The standard InChI is InChI=1S/C9H14O2/c1-3-11-9(10)7(2)6-8-4-5-8/h6,8H,3-5H2,1-2H3/b7-6-. The number of carbonyl (C=O) groups excluding carboxylic acids is 1. The van der Waals surface area contributed by atoms with E-state index in [1.54, 1.807) is 0 Å². The third-order valence-electron chi connectivity index (χ3n) is 1.71. The minimum Gasteiger partial charge on any atom is -0.463 e. The largest absolute Gasteiger partial charge is 0.463 e. The second-order valence-corrected chi connectivity index (χ2v) is 2.91. The first-order chi connectivity index (χ1) is 5.24. The van der Waals surface area contributed by atoms with E-state index in [9.17, 15) is 4.79 Å². The Morgan fingerprint density at radius 1 is 1.64 bits per heavy atom. The molecule has 0 aliphatic heterocycles. The molecule has 0 amide bonds. The summed E-state index contributed by atoms with van der Waals surface area (Å²) < 4.78 is 4.83. The van der Waals surface area contributed by atoms with E-state index in [2.05, 4.69) is 0 Å². The first-order valence-electron chi connectivity index (χ1n) is 4.09. The van der Waals surface area contributed by atoms with Crippen molar-refractivity contribution in [2.24, 2.45) is 5.92 Å². The van der Waals surface area contributed by atoms with Crippen LogP contribution in [-0.2, 0) is 9.53 Å². The fraction of sp³-hybridized carbons (Fsp3) is 0.667. The third-order valence-corrected chi connectivity index (χ3v) is 1.71. The van der Waals surface area contributed by atoms with Gasteiger partial charge in [-0.05, 0) is 32.6 Å². The molecule has 2 nitrogen and oxygen atoms in total. The molecule has 0 spiro atoms. The summed E-state index contributed by atoms with van der Waals surface area (Å²) in [7, 11) is 0. The van der Waals surface area contributed by atoms with Gasteiger partial charge in [0.1, 0.15) is 0 Å². The fourth-order valence-corrected chi connectivity index (χ4v) is 0.929. The maximum Gasteiger partial charge on any atom is 0.333 e. The van der Waals surface area contributed by atoms with Gasteiger partial charge in [0.05, 0.1) is 6.61 Å². The van der Waals surface area contributed by atoms with Gasteiger partial charge >= 0.3 is 5.97 Å². The molecule has 0 aromatic heterocycles. The van der Waals surface area contributed by atoms with Crippen molar-refractivity contribution in [2.45, 2.75) is 26.7 Å². The minimum atomic E-state index is -0.167. The molecule has 0 atom stereocenters. The molecule has 1 saturated carbocycles. The van der Waals surface area contributed by atoms with Gasteiger partial charge in [-0.3, -0.25) is 0 Å². The van der Waals surface area contributed by atoms with Gasteiger partial charge in [-0.2, -0.15) is 0 Å². The van der Waals surface area contributed by atoms with Crippen molar-refractivity contribution in [1.29, 1.82) is 0 Å². The van der Waals surface area contributed by atoms with Crippen molar-refractivity contribution in [3.05, 3.63) is 11.6 Å². The summed E-state index contributed by atoms with van der Waals surface area (Å²) in [5.74, 6) is 0.485. The topological polar surface area (TPSA) is 26.3 Å². The Morgan fingerprint density at radius 2 is 2.27 bits per heavy atom. The molecule has 0 saturated heterocycles. The van der Waals surface area contributed by atoms with Gasteiger partial charge in [0.25, 0.3) is 0 Å². The van der Waals surface area contributed by atoms with Gasteiger partial charge in [0.2, 0.25) is 0 Å². The lowest BCUT2D eigenvalue weighted by Crippen LogP contribution is -2.05. The first kappa shape index (κ1) is 8.31. The predicted molar refractivity (Wildman–Crippen MR) is 43.1 cm³/mol. The zero-order valence-electron chi connectivity index (χ0n) is 7.09. The Balaban J connectivity index is 2.37. The molecule has 2 heteroatoms. The molecule has 1 fully saturated rings. The number of ether oxygens (including phenoxy) is 1. The van der Waals surface area contributed by atoms with E-state index in [1.165, 1.54) is 12.8 Å². The van der Waals surface area contributed by atoms with Crippen molar-refractivity contribution >= 4 is 5.97 Å². The molecule has 0 aromatic rings. The Labute approximate surface area is 67.2 Å². The van der Waals surface area contributed by atoms with E-state index in [4.69, 9.17) is 4.74 Å². The van der Waals surface area contributed by atoms with E-state index < -0.39 is 0 Å². The Morgan fingerprint density at radius 3 is 2.73 bits per heavy atom. The second kappa shape index (κ2) is 3.56. The second-order valence-electron chi connectivity index (χ2n) is 2.91. The fourth-order valence-electron chi connectivity index (χ4n) is 0.929. The van der Waals surface area contributed by atoms with E-state index in [0.29, 0.717) is 12.5 Å². The van der Waals surface area contributed by atoms with E-state index in [0.717, 1.165) is 5.57 Å². The van der Waals surface area contributed by atoms with E-state index >= 15 is 0 Å². The van der Waals surface area contributed by atoms with Crippen LogP contribution in [0.3, 0.4) is 0 Å². The van der Waals surface area contributed by atoms with Crippen molar-refractivity contribution in [2.75, 3.05) is 6.61 Å². The van der Waals surface area contributed by atoms with Gasteiger partial charge in [0, 0.05) is 5.57 Å². The quantitative estimate of drug-likeness (QED) is 0.458. The van der Waals surface area contributed by atoms with E-state index in [1.807, 2.05) is 19.9 Å². The molecule has 11 heavy (non-hydrogen) atoms. The molecule has 0 unspecified atom stereocenters. The summed E-state index contributed by atoms with van der Waals surface area (Å²) in [6.45, 7) is 4.10. The zero-order chi connectivity index (χ0) is 8.27. The molecule has 1 aliphatic carbocycles. The summed E-state index contributed by atoms with van der Waals surface area (Å²) in [4.78, 5) is 11.0. The molecule has 0 N–H and O–H groups in total. The molecule has 62 valence electrons. The van der Waals surface area contributed by atoms with Crippen LogP contribution in [-0.4, -0.2) is 12.6 Å². The maximum atomic E-state index is 11.0. The highest BCUT2D eigenvalue weighted by molar-refractivity contribution is 5.87. The lowest BCUT2D eigenvalue weighted by atomic mass is 10.2. The molecule has 1 rings (SSSR count). The number of hydrogen-bond acceptors (Lipinski definition) is 2.